The Hall–Kier alpha value is -0.650. The van der Waals surface area contributed by atoms with Crippen LogP contribution < -0.4 is 11.0 Å². The molecule has 3 N–H and O–H groups in total. The fourth-order valence-corrected chi connectivity index (χ4v) is 6.17. The molecule has 0 amide bonds. The number of hydrogen-bond acceptors (Lipinski definition) is 4. The maximum Gasteiger partial charge on any atom is 0.303 e. The minimum Gasteiger partial charge on any atom is -0.481 e. The molecule has 0 rings (SSSR count). The van der Waals surface area contributed by atoms with Crippen molar-refractivity contribution in [3.8, 4) is 0 Å². The Morgan fingerprint density at radius 1 is 0.362 bits per heavy atom. The van der Waals surface area contributed by atoms with Gasteiger partial charge in [0.25, 0.3) is 0 Å². The number of carboxylic acids is 1. The van der Waals surface area contributed by atoms with Gasteiger partial charge in [-0.05, 0) is 19.3 Å². The summed E-state index contributed by atoms with van der Waals surface area (Å²) in [5.74, 6) is -0.653. The lowest BCUT2D eigenvalue weighted by molar-refractivity contribution is -0.137. The van der Waals surface area contributed by atoms with Gasteiger partial charge in [-0.3, -0.25) is 4.79 Å². The highest BCUT2D eigenvalue weighted by molar-refractivity contribution is 5.66. The third-order valence-electron chi connectivity index (χ3n) is 9.40. The number of aliphatic carboxylic acids is 1. The predicted molar refractivity (Wildman–Crippen MR) is 208 cm³/mol. The van der Waals surface area contributed by atoms with Crippen molar-refractivity contribution < 1.29 is 14.8 Å². The van der Waals surface area contributed by atoms with Crippen molar-refractivity contribution >= 4 is 5.97 Å². The van der Waals surface area contributed by atoms with E-state index in [2.05, 4.69) is 31.7 Å². The van der Waals surface area contributed by atoms with Crippen molar-refractivity contribution in [2.75, 3.05) is 13.1 Å². The molecule has 47 heavy (non-hydrogen) atoms. The molecular weight excluding hydrogens is 580 g/mol. The van der Waals surface area contributed by atoms with Crippen LogP contribution in [0.3, 0.4) is 0 Å². The van der Waals surface area contributed by atoms with Gasteiger partial charge in [-0.25, -0.2) is 4.94 Å². The van der Waals surface area contributed by atoms with Crippen LogP contribution >= 0.6 is 0 Å². The van der Waals surface area contributed by atoms with Gasteiger partial charge in [0.05, 0.1) is 0 Å². The molecule has 0 aliphatic heterocycles. The SMILES string of the molecule is CCCCCCCCCCCCCCCCCC(=O)O.CCCCCCCCCCCCNONCCCCCCCCCCCC. The number of hydrogen-bond donors (Lipinski definition) is 3. The Balaban J connectivity index is 0. The first-order valence-electron chi connectivity index (χ1n) is 21.5. The zero-order chi connectivity index (χ0) is 34.6. The zero-order valence-electron chi connectivity index (χ0n) is 32.6. The van der Waals surface area contributed by atoms with E-state index in [0.717, 1.165) is 25.9 Å². The summed E-state index contributed by atoms with van der Waals surface area (Å²) in [6, 6.07) is 0. The maximum absolute atomic E-state index is 10.3. The smallest absolute Gasteiger partial charge is 0.303 e. The number of carboxylic acid groups (broad SMARTS) is 1. The topological polar surface area (TPSA) is 70.6 Å². The summed E-state index contributed by atoms with van der Waals surface area (Å²) in [4.78, 5) is 15.6. The summed E-state index contributed by atoms with van der Waals surface area (Å²) in [6.07, 6.45) is 47.8. The summed E-state index contributed by atoms with van der Waals surface area (Å²) in [6.45, 7) is 8.76. The molecule has 0 bridgehead atoms. The Morgan fingerprint density at radius 2 is 0.574 bits per heavy atom. The Bertz CT molecular complexity index is 522. The lowest BCUT2D eigenvalue weighted by Gasteiger charge is -2.07. The highest BCUT2D eigenvalue weighted by atomic mass is 16.8. The largest absolute Gasteiger partial charge is 0.481 e. The lowest BCUT2D eigenvalue weighted by Crippen LogP contribution is -2.27. The molecule has 0 spiro atoms. The van der Waals surface area contributed by atoms with Gasteiger partial charge >= 0.3 is 5.97 Å². The van der Waals surface area contributed by atoms with Crippen LogP contribution in [0, 0.1) is 0 Å². The average Bonchev–Trinajstić information content (AvgIpc) is 3.07. The molecule has 0 saturated heterocycles. The van der Waals surface area contributed by atoms with Gasteiger partial charge in [0, 0.05) is 19.5 Å². The number of hydroxylamine groups is 2. The fourth-order valence-electron chi connectivity index (χ4n) is 6.17. The van der Waals surface area contributed by atoms with Gasteiger partial charge in [0.1, 0.15) is 0 Å². The van der Waals surface area contributed by atoms with Crippen LogP contribution in [0.4, 0.5) is 0 Å². The van der Waals surface area contributed by atoms with Crippen LogP contribution in [0.25, 0.3) is 0 Å². The molecule has 0 unspecified atom stereocenters. The molecule has 0 radical (unpaired) electrons. The highest BCUT2D eigenvalue weighted by Crippen LogP contribution is 2.14. The van der Waals surface area contributed by atoms with Gasteiger partial charge in [-0.15, -0.1) is 0 Å². The van der Waals surface area contributed by atoms with E-state index in [9.17, 15) is 4.79 Å². The van der Waals surface area contributed by atoms with Crippen molar-refractivity contribution in [1.82, 2.24) is 11.0 Å². The number of nitrogens with one attached hydrogen (secondary N) is 2. The van der Waals surface area contributed by atoms with Gasteiger partial charge in [-0.2, -0.15) is 11.0 Å². The Labute approximate surface area is 296 Å². The lowest BCUT2D eigenvalue weighted by atomic mass is 10.0. The van der Waals surface area contributed by atoms with Crippen LogP contribution in [0.15, 0.2) is 0 Å². The number of rotatable bonds is 40. The second-order valence-corrected chi connectivity index (χ2v) is 14.3. The fraction of sp³-hybridized carbons (Fsp3) is 0.976. The molecule has 0 heterocycles. The third-order valence-corrected chi connectivity index (χ3v) is 9.40. The quantitative estimate of drug-likeness (QED) is 0.0448. The first-order valence-corrected chi connectivity index (χ1v) is 21.5. The zero-order valence-corrected chi connectivity index (χ0v) is 32.6. The molecule has 0 aromatic heterocycles. The maximum atomic E-state index is 10.3. The number of carbonyl (C=O) groups is 1. The third kappa shape index (κ3) is 52.3. The van der Waals surface area contributed by atoms with E-state index in [1.165, 1.54) is 212 Å². The van der Waals surface area contributed by atoms with E-state index in [0.29, 0.717) is 6.42 Å². The van der Waals surface area contributed by atoms with Gasteiger partial charge in [0.2, 0.25) is 0 Å². The molecule has 5 nitrogen and oxygen atoms in total. The summed E-state index contributed by atoms with van der Waals surface area (Å²) >= 11 is 0. The van der Waals surface area contributed by atoms with E-state index in [1.54, 1.807) is 0 Å². The molecule has 0 aromatic rings. The monoisotopic (exact) mass is 669 g/mol. The molecule has 0 saturated carbocycles. The molecule has 284 valence electrons. The van der Waals surface area contributed by atoms with Crippen molar-refractivity contribution in [2.24, 2.45) is 0 Å². The standard InChI is InChI=1S/C24H52N2O.C18H36O2/c1-3-5-7-9-11-13-15-17-19-21-23-25-27-26-24-22-20-18-16-14-12-10-8-6-4-2;1-2-3-4-5-6-7-8-9-10-11-12-13-14-15-16-17-18(19)20/h25-26H,3-24H2,1-2H3;2-17H2,1H3,(H,19,20). The van der Waals surface area contributed by atoms with E-state index in [-0.39, 0.29) is 0 Å². The van der Waals surface area contributed by atoms with Gasteiger partial charge in [0.15, 0.2) is 0 Å². The molecule has 5 heteroatoms. The minimum absolute atomic E-state index is 0.345. The molecule has 0 fully saturated rings. The van der Waals surface area contributed by atoms with Crippen molar-refractivity contribution in [1.29, 1.82) is 0 Å². The van der Waals surface area contributed by atoms with Crippen LogP contribution in [-0.4, -0.2) is 24.2 Å². The minimum atomic E-state index is -0.653. The van der Waals surface area contributed by atoms with Crippen LogP contribution in [0.2, 0.25) is 0 Å². The molecular formula is C42H88N2O3. The molecule has 0 aliphatic rings. The second-order valence-electron chi connectivity index (χ2n) is 14.3. The Kier molecular flexibility index (Phi) is 48.9. The molecule has 0 aliphatic carbocycles. The molecule has 0 atom stereocenters. The number of unbranched alkanes of at least 4 members (excludes halogenated alkanes) is 32. The van der Waals surface area contributed by atoms with Crippen LogP contribution in [0.5, 0.6) is 0 Å². The van der Waals surface area contributed by atoms with E-state index < -0.39 is 5.97 Å². The van der Waals surface area contributed by atoms with E-state index >= 15 is 0 Å². The molecule has 0 aromatic carbocycles. The van der Waals surface area contributed by atoms with Crippen LogP contribution in [-0.2, 0) is 9.73 Å². The second kappa shape index (κ2) is 47.5. The first-order chi connectivity index (χ1) is 23.2. The van der Waals surface area contributed by atoms with Crippen molar-refractivity contribution in [2.45, 2.75) is 252 Å². The van der Waals surface area contributed by atoms with E-state index in [1.807, 2.05) is 0 Å². The normalized spacial score (nSPS) is 11.1. The average molecular weight is 669 g/mol. The summed E-state index contributed by atoms with van der Waals surface area (Å²) in [5, 5.41) is 8.52. The first kappa shape index (κ1) is 48.5. The van der Waals surface area contributed by atoms with Crippen molar-refractivity contribution in [3.63, 3.8) is 0 Å². The summed E-state index contributed by atoms with van der Waals surface area (Å²) in [5.41, 5.74) is 6.07. The highest BCUT2D eigenvalue weighted by Gasteiger charge is 1.98. The predicted octanol–water partition coefficient (Wildman–Crippen LogP) is 14.2. The summed E-state index contributed by atoms with van der Waals surface area (Å²) < 4.78 is 0. The summed E-state index contributed by atoms with van der Waals surface area (Å²) in [7, 11) is 0. The van der Waals surface area contributed by atoms with Gasteiger partial charge < -0.3 is 5.11 Å². The van der Waals surface area contributed by atoms with E-state index in [4.69, 9.17) is 10.0 Å². The van der Waals surface area contributed by atoms with Crippen LogP contribution in [0.1, 0.15) is 252 Å². The Morgan fingerprint density at radius 3 is 0.809 bits per heavy atom. The van der Waals surface area contributed by atoms with Gasteiger partial charge in [-0.1, -0.05) is 226 Å². The van der Waals surface area contributed by atoms with Crippen molar-refractivity contribution in [3.05, 3.63) is 0 Å².